The molecule has 0 fully saturated rings. The molecule has 0 nitrogen and oxygen atoms in total. The lowest BCUT2D eigenvalue weighted by molar-refractivity contribution is 1.29. The first-order valence-electron chi connectivity index (χ1n) is 3.21. The highest BCUT2D eigenvalue weighted by Gasteiger charge is 2.11. The van der Waals surface area contributed by atoms with Crippen molar-refractivity contribution in [2.45, 2.75) is 4.83 Å². The fourth-order valence-corrected chi connectivity index (χ4v) is 1.68. The lowest BCUT2D eigenvalue weighted by atomic mass is 10.1. The molecule has 1 unspecified atom stereocenters. The van der Waals surface area contributed by atoms with E-state index >= 15 is 0 Å². The van der Waals surface area contributed by atoms with Crippen molar-refractivity contribution in [1.29, 1.82) is 0 Å². The van der Waals surface area contributed by atoms with Gasteiger partial charge in [0.2, 0.25) is 0 Å². The van der Waals surface area contributed by atoms with Gasteiger partial charge in [-0.15, -0.1) is 0 Å². The molecule has 0 aromatic heterocycles. The fraction of sp³-hybridized carbons (Fsp3) is 0.111. The Kier molecular flexibility index (Phi) is 1.38. The molecule has 1 aromatic rings. The third kappa shape index (κ3) is 0.816. The average Bonchev–Trinajstić information content (AvgIpc) is 2.34. The Morgan fingerprint density at radius 2 is 2.40 bits per heavy atom. The molecule has 1 heteroatoms. The summed E-state index contributed by atoms with van der Waals surface area (Å²) in [4.78, 5) is 0.403. The summed E-state index contributed by atoms with van der Waals surface area (Å²) < 4.78 is 0. The molecular formula is C9H6Br. The van der Waals surface area contributed by atoms with E-state index in [0.29, 0.717) is 4.83 Å². The highest BCUT2D eigenvalue weighted by Crippen LogP contribution is 2.33. The molecule has 0 heterocycles. The summed E-state index contributed by atoms with van der Waals surface area (Å²) in [5.74, 6) is 0. The molecule has 49 valence electrons. The molecule has 2 rings (SSSR count). The zero-order chi connectivity index (χ0) is 6.97. The summed E-state index contributed by atoms with van der Waals surface area (Å²) in [5, 5.41) is 0. The van der Waals surface area contributed by atoms with Crippen LogP contribution < -0.4 is 0 Å². The second-order valence-electron chi connectivity index (χ2n) is 2.30. The quantitative estimate of drug-likeness (QED) is 0.557. The van der Waals surface area contributed by atoms with Gasteiger partial charge in [0.25, 0.3) is 0 Å². The Balaban J connectivity index is 2.59. The second-order valence-corrected chi connectivity index (χ2v) is 3.29. The molecule has 1 aliphatic carbocycles. The minimum absolute atomic E-state index is 0.403. The van der Waals surface area contributed by atoms with Crippen molar-refractivity contribution in [3.63, 3.8) is 0 Å². The Morgan fingerprint density at radius 1 is 1.50 bits per heavy atom. The van der Waals surface area contributed by atoms with E-state index in [2.05, 4.69) is 40.2 Å². The monoisotopic (exact) mass is 193 g/mol. The Hall–Kier alpha value is -0.560. The van der Waals surface area contributed by atoms with E-state index in [1.54, 1.807) is 0 Å². The van der Waals surface area contributed by atoms with Crippen molar-refractivity contribution < 1.29 is 0 Å². The number of fused-ring (bicyclic) bond motifs is 1. The van der Waals surface area contributed by atoms with Gasteiger partial charge in [-0.3, -0.25) is 0 Å². The number of allylic oxidation sites excluding steroid dienone is 1. The van der Waals surface area contributed by atoms with Gasteiger partial charge >= 0.3 is 0 Å². The molecule has 0 bridgehead atoms. The van der Waals surface area contributed by atoms with E-state index in [0.717, 1.165) is 0 Å². The Bertz CT molecular complexity index is 276. The molecule has 1 aromatic carbocycles. The van der Waals surface area contributed by atoms with Crippen LogP contribution in [0.25, 0.3) is 6.08 Å². The van der Waals surface area contributed by atoms with Crippen LogP contribution in [0.15, 0.2) is 24.3 Å². The van der Waals surface area contributed by atoms with Crippen molar-refractivity contribution in [2.24, 2.45) is 0 Å². The summed E-state index contributed by atoms with van der Waals surface area (Å²) in [6.07, 6.45) is 4.22. The molecule has 0 saturated carbocycles. The summed E-state index contributed by atoms with van der Waals surface area (Å²) in [6, 6.07) is 9.23. The Morgan fingerprint density at radius 3 is 3.20 bits per heavy atom. The van der Waals surface area contributed by atoms with Crippen LogP contribution in [0.1, 0.15) is 16.0 Å². The molecule has 0 N–H and O–H groups in total. The second kappa shape index (κ2) is 2.24. The van der Waals surface area contributed by atoms with Gasteiger partial charge in [-0.1, -0.05) is 46.3 Å². The summed E-state index contributed by atoms with van der Waals surface area (Å²) >= 11 is 3.53. The molecule has 0 aliphatic heterocycles. The molecule has 0 spiro atoms. The SMILES string of the molecule is BrC1C=Cc2[c]cccc21. The first kappa shape index (κ1) is 6.17. The van der Waals surface area contributed by atoms with Gasteiger partial charge in [0.05, 0.1) is 4.83 Å². The topological polar surface area (TPSA) is 0 Å². The zero-order valence-corrected chi connectivity index (χ0v) is 6.93. The van der Waals surface area contributed by atoms with Crippen LogP contribution in [0.4, 0.5) is 0 Å². The predicted octanol–water partition coefficient (Wildman–Crippen LogP) is 2.95. The maximum absolute atomic E-state index is 3.53. The van der Waals surface area contributed by atoms with E-state index in [4.69, 9.17) is 0 Å². The first-order valence-corrected chi connectivity index (χ1v) is 4.12. The Labute approximate surface area is 68.7 Å². The minimum atomic E-state index is 0.403. The maximum atomic E-state index is 3.53. The average molecular weight is 194 g/mol. The highest BCUT2D eigenvalue weighted by atomic mass is 79.9. The minimum Gasteiger partial charge on any atom is -0.0793 e. The van der Waals surface area contributed by atoms with Crippen molar-refractivity contribution in [2.75, 3.05) is 0 Å². The fourth-order valence-electron chi connectivity index (χ4n) is 1.13. The van der Waals surface area contributed by atoms with Gasteiger partial charge in [-0.25, -0.2) is 0 Å². The van der Waals surface area contributed by atoms with Crippen LogP contribution in [0.3, 0.4) is 0 Å². The normalized spacial score (nSPS) is 21.1. The van der Waals surface area contributed by atoms with Gasteiger partial charge < -0.3 is 0 Å². The third-order valence-corrected chi connectivity index (χ3v) is 2.45. The van der Waals surface area contributed by atoms with E-state index < -0.39 is 0 Å². The van der Waals surface area contributed by atoms with E-state index in [1.807, 2.05) is 12.1 Å². The van der Waals surface area contributed by atoms with Crippen LogP contribution in [0.2, 0.25) is 0 Å². The number of hydrogen-bond donors (Lipinski definition) is 0. The maximum Gasteiger partial charge on any atom is 0.0584 e. The standard InChI is InChI=1S/C9H6Br/c10-9-6-5-7-3-1-2-4-8(7)9/h1-2,4-6,9H. The summed E-state index contributed by atoms with van der Waals surface area (Å²) in [5.41, 5.74) is 2.53. The van der Waals surface area contributed by atoms with E-state index in [1.165, 1.54) is 11.1 Å². The van der Waals surface area contributed by atoms with Crippen LogP contribution in [-0.4, -0.2) is 0 Å². The zero-order valence-electron chi connectivity index (χ0n) is 5.34. The molecule has 10 heavy (non-hydrogen) atoms. The lowest BCUT2D eigenvalue weighted by Gasteiger charge is -1.99. The lowest BCUT2D eigenvalue weighted by Crippen LogP contribution is -1.81. The number of hydrogen-bond acceptors (Lipinski definition) is 0. The van der Waals surface area contributed by atoms with Gasteiger partial charge in [0.1, 0.15) is 0 Å². The number of rotatable bonds is 0. The third-order valence-electron chi connectivity index (χ3n) is 1.65. The summed E-state index contributed by atoms with van der Waals surface area (Å²) in [7, 11) is 0. The largest absolute Gasteiger partial charge is 0.0793 e. The van der Waals surface area contributed by atoms with Crippen molar-refractivity contribution in [1.82, 2.24) is 0 Å². The van der Waals surface area contributed by atoms with Gasteiger partial charge in [0.15, 0.2) is 0 Å². The van der Waals surface area contributed by atoms with Crippen LogP contribution in [0, 0.1) is 6.07 Å². The molecular weight excluding hydrogens is 188 g/mol. The van der Waals surface area contributed by atoms with E-state index in [9.17, 15) is 0 Å². The van der Waals surface area contributed by atoms with Crippen molar-refractivity contribution in [3.05, 3.63) is 41.5 Å². The van der Waals surface area contributed by atoms with Gasteiger partial charge in [-0.2, -0.15) is 0 Å². The van der Waals surface area contributed by atoms with E-state index in [-0.39, 0.29) is 0 Å². The molecule has 1 aliphatic rings. The molecule has 0 saturated heterocycles. The highest BCUT2D eigenvalue weighted by molar-refractivity contribution is 9.09. The molecule has 1 atom stereocenters. The van der Waals surface area contributed by atoms with Crippen molar-refractivity contribution in [3.8, 4) is 0 Å². The molecule has 0 amide bonds. The van der Waals surface area contributed by atoms with Crippen LogP contribution in [-0.2, 0) is 0 Å². The number of halogens is 1. The molecule has 1 radical (unpaired) electrons. The smallest absolute Gasteiger partial charge is 0.0584 e. The van der Waals surface area contributed by atoms with Crippen LogP contribution in [0.5, 0.6) is 0 Å². The van der Waals surface area contributed by atoms with Gasteiger partial charge in [-0.05, 0) is 17.2 Å². The van der Waals surface area contributed by atoms with Gasteiger partial charge in [0, 0.05) is 0 Å². The number of alkyl halides is 1. The number of benzene rings is 1. The van der Waals surface area contributed by atoms with Crippen molar-refractivity contribution >= 4 is 22.0 Å². The summed E-state index contributed by atoms with van der Waals surface area (Å²) in [6.45, 7) is 0. The first-order chi connectivity index (χ1) is 4.88. The predicted molar refractivity (Wildman–Crippen MR) is 46.0 cm³/mol. The van der Waals surface area contributed by atoms with Crippen LogP contribution >= 0.6 is 15.9 Å².